The molecule has 0 radical (unpaired) electrons. The topological polar surface area (TPSA) is 69.3 Å². The first kappa shape index (κ1) is 23.2. The smallest absolute Gasteiger partial charge is 0.359 e. The second-order valence-corrected chi connectivity index (χ2v) is 9.80. The number of nitrogens with zero attached hydrogens (tertiary/aromatic N) is 3. The van der Waals surface area contributed by atoms with Crippen molar-refractivity contribution in [2.75, 3.05) is 11.4 Å². The molecule has 0 spiro atoms. The van der Waals surface area contributed by atoms with Crippen LogP contribution in [0.5, 0.6) is 0 Å². The maximum atomic E-state index is 15.1. The van der Waals surface area contributed by atoms with Crippen molar-refractivity contribution in [1.29, 1.82) is 0 Å². The molecule has 0 bridgehead atoms. The molecule has 176 valence electrons. The number of anilines is 1. The third-order valence-corrected chi connectivity index (χ3v) is 7.24. The van der Waals surface area contributed by atoms with Gasteiger partial charge in [0.05, 0.1) is 24.3 Å². The summed E-state index contributed by atoms with van der Waals surface area (Å²) in [6.45, 7) is -0.875. The molecular formula is C22H22F4N4O2S. The first-order chi connectivity index (χ1) is 15.7. The van der Waals surface area contributed by atoms with Gasteiger partial charge in [0.1, 0.15) is 5.82 Å². The van der Waals surface area contributed by atoms with E-state index in [1.807, 2.05) is 30.3 Å². The third kappa shape index (κ3) is 4.88. The van der Waals surface area contributed by atoms with Crippen LogP contribution in [0.1, 0.15) is 23.2 Å². The van der Waals surface area contributed by atoms with Gasteiger partial charge in [-0.3, -0.25) is 0 Å². The molecule has 0 aliphatic carbocycles. The number of H-pyrrole nitrogens is 1. The molecule has 2 aromatic carbocycles. The number of hydrogen-bond donors (Lipinski definition) is 1. The predicted molar refractivity (Wildman–Crippen MR) is 115 cm³/mol. The van der Waals surface area contributed by atoms with E-state index < -0.39 is 40.5 Å². The summed E-state index contributed by atoms with van der Waals surface area (Å²) in [5, 5.41) is 0. The van der Waals surface area contributed by atoms with E-state index in [0.717, 1.165) is 5.56 Å². The van der Waals surface area contributed by atoms with E-state index in [4.69, 9.17) is 0 Å². The summed E-state index contributed by atoms with van der Waals surface area (Å²) in [6, 6.07) is 12.6. The van der Waals surface area contributed by atoms with E-state index in [1.54, 1.807) is 11.1 Å². The number of alkyl halides is 3. The van der Waals surface area contributed by atoms with Gasteiger partial charge in [0.2, 0.25) is 0 Å². The SMILES string of the molecule is O=S(=O)(N1Cc2cccc(F)c2N(Cc2cnc[nH]2)C(CCc2ccccc2)C1)C(F)(F)F. The number of rotatable bonds is 6. The number of aromatic amines is 1. The van der Waals surface area contributed by atoms with Gasteiger partial charge in [-0.2, -0.15) is 17.5 Å². The highest BCUT2D eigenvalue weighted by Crippen LogP contribution is 2.37. The number of sulfonamides is 1. The normalized spacial score (nSPS) is 17.6. The third-order valence-electron chi connectivity index (χ3n) is 5.70. The molecule has 2 heterocycles. The highest BCUT2D eigenvalue weighted by atomic mass is 32.2. The summed E-state index contributed by atoms with van der Waals surface area (Å²) in [4.78, 5) is 8.54. The Morgan fingerprint density at radius 3 is 2.52 bits per heavy atom. The van der Waals surface area contributed by atoms with Crippen molar-refractivity contribution in [3.05, 3.63) is 83.7 Å². The van der Waals surface area contributed by atoms with Crippen LogP contribution in [-0.2, 0) is 29.5 Å². The van der Waals surface area contributed by atoms with E-state index in [9.17, 15) is 21.6 Å². The number of para-hydroxylation sites is 1. The fourth-order valence-electron chi connectivity index (χ4n) is 4.10. The molecular weight excluding hydrogens is 460 g/mol. The van der Waals surface area contributed by atoms with Gasteiger partial charge in [-0.1, -0.05) is 42.5 Å². The minimum Gasteiger partial charge on any atom is -0.359 e. The van der Waals surface area contributed by atoms with Gasteiger partial charge in [0.15, 0.2) is 0 Å². The number of fused-ring (bicyclic) bond motifs is 1. The number of aromatic nitrogens is 2. The van der Waals surface area contributed by atoms with Crippen molar-refractivity contribution in [1.82, 2.24) is 14.3 Å². The van der Waals surface area contributed by atoms with Crippen molar-refractivity contribution < 1.29 is 26.0 Å². The van der Waals surface area contributed by atoms with Crippen molar-refractivity contribution in [2.24, 2.45) is 0 Å². The Balaban J connectivity index is 1.78. The van der Waals surface area contributed by atoms with Crippen LogP contribution in [-0.4, -0.2) is 40.8 Å². The Morgan fingerprint density at radius 1 is 1.09 bits per heavy atom. The molecule has 11 heteroatoms. The molecule has 4 rings (SSSR count). The maximum absolute atomic E-state index is 15.1. The standard InChI is InChI=1S/C22H22F4N4O2S/c23-20-8-4-7-17-12-29(33(31,32)22(24,25)26)14-19(10-9-16-5-2-1-3-6-16)30(21(17)20)13-18-11-27-15-28-18/h1-8,11,15,19H,9-10,12-14H2,(H,27,28). The van der Waals surface area contributed by atoms with E-state index in [1.165, 1.54) is 24.5 Å². The summed E-state index contributed by atoms with van der Waals surface area (Å²) >= 11 is 0. The van der Waals surface area contributed by atoms with Crippen LogP contribution in [0.3, 0.4) is 0 Å². The Labute approximate surface area is 188 Å². The molecule has 0 amide bonds. The summed E-state index contributed by atoms with van der Waals surface area (Å²) in [6.07, 6.45) is 3.79. The number of nitrogens with one attached hydrogen (secondary N) is 1. The molecule has 6 nitrogen and oxygen atoms in total. The monoisotopic (exact) mass is 482 g/mol. The first-order valence-corrected chi connectivity index (χ1v) is 11.7. The van der Waals surface area contributed by atoms with Gasteiger partial charge in [-0.15, -0.1) is 0 Å². The van der Waals surface area contributed by atoms with Crippen LogP contribution in [0.4, 0.5) is 23.2 Å². The highest BCUT2D eigenvalue weighted by molar-refractivity contribution is 7.89. The highest BCUT2D eigenvalue weighted by Gasteiger charge is 2.51. The van der Waals surface area contributed by atoms with Gasteiger partial charge in [-0.25, -0.2) is 17.8 Å². The molecule has 1 N–H and O–H groups in total. The summed E-state index contributed by atoms with van der Waals surface area (Å²) < 4.78 is 80.6. The molecule has 1 aromatic heterocycles. The van der Waals surface area contributed by atoms with E-state index in [0.29, 0.717) is 22.8 Å². The quantitative estimate of drug-likeness (QED) is 0.534. The maximum Gasteiger partial charge on any atom is 0.511 e. The van der Waals surface area contributed by atoms with Crippen molar-refractivity contribution >= 4 is 15.7 Å². The first-order valence-electron chi connectivity index (χ1n) is 10.3. The Hall–Kier alpha value is -2.92. The molecule has 1 unspecified atom stereocenters. The Morgan fingerprint density at radius 2 is 1.85 bits per heavy atom. The Bertz CT molecular complexity index is 1180. The average Bonchev–Trinajstić information content (AvgIpc) is 3.22. The fourth-order valence-corrected chi connectivity index (χ4v) is 5.07. The summed E-state index contributed by atoms with van der Waals surface area (Å²) in [7, 11) is -5.62. The van der Waals surface area contributed by atoms with Crippen molar-refractivity contribution in [3.63, 3.8) is 0 Å². The molecule has 0 saturated heterocycles. The van der Waals surface area contributed by atoms with Crippen LogP contribution < -0.4 is 4.90 Å². The van der Waals surface area contributed by atoms with Crippen molar-refractivity contribution in [2.45, 2.75) is 37.5 Å². The molecule has 33 heavy (non-hydrogen) atoms. The summed E-state index contributed by atoms with van der Waals surface area (Å²) in [5.41, 5.74) is -3.61. The van der Waals surface area contributed by atoms with Crippen LogP contribution in [0.15, 0.2) is 61.1 Å². The zero-order valence-electron chi connectivity index (χ0n) is 17.5. The van der Waals surface area contributed by atoms with Gasteiger partial charge in [0.25, 0.3) is 0 Å². The van der Waals surface area contributed by atoms with E-state index >= 15 is 4.39 Å². The fraction of sp³-hybridized carbons (Fsp3) is 0.318. The molecule has 1 atom stereocenters. The summed E-state index contributed by atoms with van der Waals surface area (Å²) in [5.74, 6) is -0.622. The van der Waals surface area contributed by atoms with Crippen LogP contribution >= 0.6 is 0 Å². The number of imidazole rings is 1. The molecule has 1 aliphatic heterocycles. The molecule has 1 aliphatic rings. The lowest BCUT2D eigenvalue weighted by Crippen LogP contribution is -2.47. The average molecular weight is 483 g/mol. The second kappa shape index (κ2) is 9.14. The van der Waals surface area contributed by atoms with Crippen LogP contribution in [0.25, 0.3) is 0 Å². The lowest BCUT2D eigenvalue weighted by Gasteiger charge is -2.34. The van der Waals surface area contributed by atoms with Gasteiger partial charge < -0.3 is 9.88 Å². The van der Waals surface area contributed by atoms with Gasteiger partial charge in [0, 0.05) is 25.3 Å². The second-order valence-electron chi connectivity index (χ2n) is 7.87. The van der Waals surface area contributed by atoms with Crippen LogP contribution in [0, 0.1) is 5.82 Å². The molecule has 0 saturated carbocycles. The predicted octanol–water partition coefficient (Wildman–Crippen LogP) is 4.22. The number of benzene rings is 2. The van der Waals surface area contributed by atoms with Gasteiger partial charge in [-0.05, 0) is 30.0 Å². The van der Waals surface area contributed by atoms with E-state index in [2.05, 4.69) is 9.97 Å². The van der Waals surface area contributed by atoms with Crippen molar-refractivity contribution in [3.8, 4) is 0 Å². The molecule has 0 fully saturated rings. The minimum absolute atomic E-state index is 0.102. The van der Waals surface area contributed by atoms with Crippen LogP contribution in [0.2, 0.25) is 0 Å². The minimum atomic E-state index is -5.62. The largest absolute Gasteiger partial charge is 0.511 e. The van der Waals surface area contributed by atoms with Gasteiger partial charge >= 0.3 is 15.5 Å². The lowest BCUT2D eigenvalue weighted by molar-refractivity contribution is -0.0492. The zero-order chi connectivity index (χ0) is 23.6. The lowest BCUT2D eigenvalue weighted by atomic mass is 10.0. The number of halogens is 4. The molecule has 3 aromatic rings. The zero-order valence-corrected chi connectivity index (χ0v) is 18.3. The van der Waals surface area contributed by atoms with E-state index in [-0.39, 0.29) is 17.8 Å². The number of aryl methyl sites for hydroxylation is 1. The number of hydrogen-bond acceptors (Lipinski definition) is 4. The Kier molecular flexibility index (Phi) is 6.44.